The molecule has 0 aliphatic rings. The molecule has 0 fully saturated rings. The topological polar surface area (TPSA) is 66.9 Å². The van der Waals surface area contributed by atoms with Gasteiger partial charge in [0.1, 0.15) is 0 Å². The van der Waals surface area contributed by atoms with Gasteiger partial charge in [0, 0.05) is 11.4 Å². The third-order valence-corrected chi connectivity index (χ3v) is 3.99. The van der Waals surface area contributed by atoms with Crippen LogP contribution >= 0.6 is 0 Å². The number of amides is 1. The second kappa shape index (κ2) is 7.13. The summed E-state index contributed by atoms with van der Waals surface area (Å²) in [6.07, 6.45) is 0. The second-order valence-corrected chi connectivity index (χ2v) is 6.05. The minimum atomic E-state index is -0.283. The molecule has 0 bridgehead atoms. The molecule has 0 radical (unpaired) electrons. The Morgan fingerprint density at radius 3 is 2.16 bits per heavy atom. The lowest BCUT2D eigenvalue weighted by Gasteiger charge is -2.08. The van der Waals surface area contributed by atoms with Gasteiger partial charge in [0.05, 0.1) is 0 Å². The Morgan fingerprint density at radius 1 is 0.800 bits per heavy atom. The van der Waals surface area contributed by atoms with Crippen LogP contribution in [0.2, 0.25) is 0 Å². The zero-order chi connectivity index (χ0) is 17.8. The fraction of sp³-hybridized carbons (Fsp3) is 0.150. The number of anilines is 3. The highest BCUT2D eigenvalue weighted by molar-refractivity contribution is 6.02. The van der Waals surface area contributed by atoms with Crippen LogP contribution in [0.1, 0.15) is 27.2 Å². The van der Waals surface area contributed by atoms with E-state index in [1.54, 1.807) is 12.1 Å². The molecule has 0 unspecified atom stereocenters. The van der Waals surface area contributed by atoms with E-state index < -0.39 is 0 Å². The number of carbonyl (C=O) groups is 1. The van der Waals surface area contributed by atoms with E-state index in [0.29, 0.717) is 5.82 Å². The number of carbonyl (C=O) groups excluding carboxylic acids is 1. The molecule has 1 amide bonds. The fourth-order valence-electron chi connectivity index (χ4n) is 2.32. The van der Waals surface area contributed by atoms with Gasteiger partial charge in [-0.05, 0) is 68.3 Å². The first-order chi connectivity index (χ1) is 12.0. The van der Waals surface area contributed by atoms with Crippen molar-refractivity contribution in [3.8, 4) is 0 Å². The van der Waals surface area contributed by atoms with Gasteiger partial charge in [-0.1, -0.05) is 23.8 Å². The van der Waals surface area contributed by atoms with Crippen molar-refractivity contribution in [2.75, 3.05) is 10.6 Å². The number of rotatable bonds is 4. The molecule has 5 heteroatoms. The average Bonchev–Trinajstić information content (AvgIpc) is 2.61. The monoisotopic (exact) mass is 332 g/mol. The molecule has 126 valence electrons. The van der Waals surface area contributed by atoms with Crippen LogP contribution in [0.25, 0.3) is 0 Å². The maximum Gasteiger partial charge on any atom is 0.276 e. The SMILES string of the molecule is Cc1ccc(NC(=O)c2ccc(Nc3ccc(C)c(C)c3)nn2)cc1. The predicted molar refractivity (Wildman–Crippen MR) is 100 cm³/mol. The van der Waals surface area contributed by atoms with Crippen LogP contribution in [0.4, 0.5) is 17.2 Å². The van der Waals surface area contributed by atoms with E-state index in [0.717, 1.165) is 16.9 Å². The largest absolute Gasteiger partial charge is 0.339 e. The Kier molecular flexibility index (Phi) is 4.75. The Morgan fingerprint density at radius 2 is 1.52 bits per heavy atom. The number of aryl methyl sites for hydroxylation is 3. The zero-order valence-corrected chi connectivity index (χ0v) is 14.5. The summed E-state index contributed by atoms with van der Waals surface area (Å²) in [5.41, 5.74) is 5.52. The maximum absolute atomic E-state index is 12.2. The first-order valence-corrected chi connectivity index (χ1v) is 8.07. The van der Waals surface area contributed by atoms with Crippen LogP contribution in [-0.2, 0) is 0 Å². The van der Waals surface area contributed by atoms with Gasteiger partial charge in [0.25, 0.3) is 5.91 Å². The van der Waals surface area contributed by atoms with Crippen LogP contribution in [0.15, 0.2) is 54.6 Å². The highest BCUT2D eigenvalue weighted by atomic mass is 16.1. The second-order valence-electron chi connectivity index (χ2n) is 6.05. The van der Waals surface area contributed by atoms with E-state index in [-0.39, 0.29) is 11.6 Å². The molecule has 0 saturated carbocycles. The van der Waals surface area contributed by atoms with Crippen LogP contribution in [-0.4, -0.2) is 16.1 Å². The minimum Gasteiger partial charge on any atom is -0.339 e. The van der Waals surface area contributed by atoms with E-state index in [1.165, 1.54) is 11.1 Å². The Labute approximate surface area is 147 Å². The Bertz CT molecular complexity index is 887. The third-order valence-electron chi connectivity index (χ3n) is 3.99. The quantitative estimate of drug-likeness (QED) is 0.743. The summed E-state index contributed by atoms with van der Waals surface area (Å²) in [6, 6.07) is 17.1. The average molecular weight is 332 g/mol. The molecule has 0 saturated heterocycles. The van der Waals surface area contributed by atoms with Gasteiger partial charge >= 0.3 is 0 Å². The van der Waals surface area contributed by atoms with E-state index in [4.69, 9.17) is 0 Å². The summed E-state index contributed by atoms with van der Waals surface area (Å²) in [5, 5.41) is 14.1. The molecule has 1 heterocycles. The first kappa shape index (κ1) is 16.6. The zero-order valence-electron chi connectivity index (χ0n) is 14.5. The number of aromatic nitrogens is 2. The highest BCUT2D eigenvalue weighted by Crippen LogP contribution is 2.18. The first-order valence-electron chi connectivity index (χ1n) is 8.07. The standard InChI is InChI=1S/C20H20N4O/c1-13-4-7-16(8-5-13)22-20(25)18-10-11-19(24-23-18)21-17-9-6-14(2)15(3)12-17/h4-12H,1-3H3,(H,21,24)(H,22,25). The van der Waals surface area contributed by atoms with Crippen molar-refractivity contribution in [3.05, 3.63) is 77.0 Å². The van der Waals surface area contributed by atoms with Crippen LogP contribution in [0.3, 0.4) is 0 Å². The van der Waals surface area contributed by atoms with Crippen molar-refractivity contribution < 1.29 is 4.79 Å². The molecule has 3 rings (SSSR count). The predicted octanol–water partition coefficient (Wildman–Crippen LogP) is 4.40. The maximum atomic E-state index is 12.2. The van der Waals surface area contributed by atoms with Gasteiger partial charge in [0.2, 0.25) is 0 Å². The molecule has 2 N–H and O–H groups in total. The number of hydrogen-bond donors (Lipinski definition) is 2. The summed E-state index contributed by atoms with van der Waals surface area (Å²) in [5.74, 6) is 0.309. The molecule has 0 aliphatic heterocycles. The molecule has 3 aromatic rings. The van der Waals surface area contributed by atoms with Crippen molar-refractivity contribution in [1.29, 1.82) is 0 Å². The van der Waals surface area contributed by atoms with Crippen LogP contribution in [0.5, 0.6) is 0 Å². The van der Waals surface area contributed by atoms with Gasteiger partial charge in [-0.25, -0.2) is 0 Å². The molecular formula is C20H20N4O. The summed E-state index contributed by atoms with van der Waals surface area (Å²) < 4.78 is 0. The fourth-order valence-corrected chi connectivity index (χ4v) is 2.32. The van der Waals surface area contributed by atoms with Gasteiger partial charge in [-0.15, -0.1) is 10.2 Å². The summed E-state index contributed by atoms with van der Waals surface area (Å²) in [4.78, 5) is 12.2. The van der Waals surface area contributed by atoms with Crippen LogP contribution in [0, 0.1) is 20.8 Å². The molecule has 0 aliphatic carbocycles. The number of benzene rings is 2. The lowest BCUT2D eigenvalue weighted by molar-refractivity contribution is 0.102. The highest BCUT2D eigenvalue weighted by Gasteiger charge is 2.09. The van der Waals surface area contributed by atoms with Crippen molar-refractivity contribution >= 4 is 23.1 Å². The molecule has 0 spiro atoms. The van der Waals surface area contributed by atoms with Crippen molar-refractivity contribution in [1.82, 2.24) is 10.2 Å². The van der Waals surface area contributed by atoms with E-state index >= 15 is 0 Å². The van der Waals surface area contributed by atoms with Crippen molar-refractivity contribution in [2.45, 2.75) is 20.8 Å². The summed E-state index contributed by atoms with van der Waals surface area (Å²) in [6.45, 7) is 6.13. The number of nitrogens with zero attached hydrogens (tertiary/aromatic N) is 2. The van der Waals surface area contributed by atoms with Gasteiger partial charge < -0.3 is 10.6 Å². The molecule has 25 heavy (non-hydrogen) atoms. The van der Waals surface area contributed by atoms with Crippen molar-refractivity contribution in [2.24, 2.45) is 0 Å². The molecule has 2 aromatic carbocycles. The van der Waals surface area contributed by atoms with E-state index in [9.17, 15) is 4.79 Å². The minimum absolute atomic E-state index is 0.270. The number of nitrogens with one attached hydrogen (secondary N) is 2. The molecular weight excluding hydrogens is 312 g/mol. The van der Waals surface area contributed by atoms with Gasteiger partial charge in [-0.2, -0.15) is 0 Å². The van der Waals surface area contributed by atoms with Crippen molar-refractivity contribution in [3.63, 3.8) is 0 Å². The van der Waals surface area contributed by atoms with Crippen LogP contribution < -0.4 is 10.6 Å². The molecule has 1 aromatic heterocycles. The van der Waals surface area contributed by atoms with E-state index in [1.807, 2.05) is 37.3 Å². The molecule has 5 nitrogen and oxygen atoms in total. The molecule has 0 atom stereocenters. The lowest BCUT2D eigenvalue weighted by atomic mass is 10.1. The smallest absolute Gasteiger partial charge is 0.276 e. The normalized spacial score (nSPS) is 10.4. The summed E-state index contributed by atoms with van der Waals surface area (Å²) >= 11 is 0. The third kappa shape index (κ3) is 4.20. The summed E-state index contributed by atoms with van der Waals surface area (Å²) in [7, 11) is 0. The van der Waals surface area contributed by atoms with E-state index in [2.05, 4.69) is 46.8 Å². The van der Waals surface area contributed by atoms with Gasteiger partial charge in [-0.3, -0.25) is 4.79 Å². The Hall–Kier alpha value is -3.21. The number of hydrogen-bond acceptors (Lipinski definition) is 4. The Balaban J connectivity index is 1.67. The van der Waals surface area contributed by atoms with Gasteiger partial charge in [0.15, 0.2) is 11.5 Å². The lowest BCUT2D eigenvalue weighted by Crippen LogP contribution is -2.14.